The van der Waals surface area contributed by atoms with Crippen LogP contribution in [0.15, 0.2) is 46.2 Å². The van der Waals surface area contributed by atoms with Crippen molar-refractivity contribution in [3.05, 3.63) is 58.9 Å². The SMILES string of the molecule is CNC(c1ccc(C)o1)c1csc2ccccc12. The van der Waals surface area contributed by atoms with Crippen LogP contribution >= 0.6 is 11.3 Å². The average Bonchev–Trinajstić information content (AvgIpc) is 2.98. The summed E-state index contributed by atoms with van der Waals surface area (Å²) < 4.78 is 7.07. The topological polar surface area (TPSA) is 25.2 Å². The van der Waals surface area contributed by atoms with Gasteiger partial charge in [0.25, 0.3) is 0 Å². The number of furan rings is 1. The van der Waals surface area contributed by atoms with Crippen LogP contribution in [0.4, 0.5) is 0 Å². The Labute approximate surface area is 110 Å². The second-order valence-electron chi connectivity index (χ2n) is 4.36. The quantitative estimate of drug-likeness (QED) is 0.763. The minimum atomic E-state index is 0.120. The Balaban J connectivity index is 2.11. The van der Waals surface area contributed by atoms with Crippen LogP contribution in [0.5, 0.6) is 0 Å². The lowest BCUT2D eigenvalue weighted by Gasteiger charge is -2.13. The third-order valence-electron chi connectivity index (χ3n) is 3.16. The van der Waals surface area contributed by atoms with Gasteiger partial charge < -0.3 is 9.73 Å². The zero-order chi connectivity index (χ0) is 12.5. The Morgan fingerprint density at radius 2 is 2.00 bits per heavy atom. The molecule has 0 amide bonds. The summed E-state index contributed by atoms with van der Waals surface area (Å²) in [5, 5.41) is 6.85. The van der Waals surface area contributed by atoms with Crippen molar-refractivity contribution in [3.8, 4) is 0 Å². The third-order valence-corrected chi connectivity index (χ3v) is 4.14. The van der Waals surface area contributed by atoms with Gasteiger partial charge in [-0.2, -0.15) is 0 Å². The minimum Gasteiger partial charge on any atom is -0.464 e. The maximum atomic E-state index is 5.75. The number of hydrogen-bond acceptors (Lipinski definition) is 3. The lowest BCUT2D eigenvalue weighted by atomic mass is 10.0. The number of fused-ring (bicyclic) bond motifs is 1. The second-order valence-corrected chi connectivity index (χ2v) is 5.27. The molecule has 1 aromatic carbocycles. The van der Waals surface area contributed by atoms with Crippen molar-refractivity contribution in [2.24, 2.45) is 0 Å². The van der Waals surface area contributed by atoms with E-state index in [9.17, 15) is 0 Å². The summed E-state index contributed by atoms with van der Waals surface area (Å²) in [6.45, 7) is 1.97. The molecule has 0 fully saturated rings. The smallest absolute Gasteiger partial charge is 0.125 e. The lowest BCUT2D eigenvalue weighted by molar-refractivity contribution is 0.445. The molecule has 92 valence electrons. The maximum absolute atomic E-state index is 5.75. The summed E-state index contributed by atoms with van der Waals surface area (Å²) in [6.07, 6.45) is 0. The standard InChI is InChI=1S/C15H15NOS/c1-10-7-8-13(17-10)15(16-2)12-9-18-14-6-4-3-5-11(12)14/h3-9,15-16H,1-2H3. The molecule has 0 saturated carbocycles. The molecule has 0 spiro atoms. The molecule has 0 saturated heterocycles. The highest BCUT2D eigenvalue weighted by atomic mass is 32.1. The van der Waals surface area contributed by atoms with Crippen LogP contribution in [-0.2, 0) is 0 Å². The summed E-state index contributed by atoms with van der Waals surface area (Å²) >= 11 is 1.78. The Bertz CT molecular complexity index is 668. The second kappa shape index (κ2) is 4.59. The van der Waals surface area contributed by atoms with Crippen molar-refractivity contribution >= 4 is 21.4 Å². The average molecular weight is 257 g/mol. The van der Waals surface area contributed by atoms with Crippen molar-refractivity contribution in [1.82, 2.24) is 5.32 Å². The molecule has 0 bridgehead atoms. The molecule has 0 aliphatic rings. The van der Waals surface area contributed by atoms with Gasteiger partial charge in [-0.05, 0) is 48.5 Å². The highest BCUT2D eigenvalue weighted by Gasteiger charge is 2.18. The summed E-state index contributed by atoms with van der Waals surface area (Å²) in [5.41, 5.74) is 1.28. The Morgan fingerprint density at radius 3 is 2.72 bits per heavy atom. The zero-order valence-corrected chi connectivity index (χ0v) is 11.3. The van der Waals surface area contributed by atoms with Gasteiger partial charge in [0.2, 0.25) is 0 Å². The lowest BCUT2D eigenvalue weighted by Crippen LogP contribution is -2.16. The summed E-state index contributed by atoms with van der Waals surface area (Å²) in [6, 6.07) is 12.7. The molecule has 2 nitrogen and oxygen atoms in total. The summed E-state index contributed by atoms with van der Waals surface area (Å²) in [7, 11) is 1.97. The fourth-order valence-electron chi connectivity index (χ4n) is 2.28. The van der Waals surface area contributed by atoms with Gasteiger partial charge in [0.15, 0.2) is 0 Å². The number of thiophene rings is 1. The minimum absolute atomic E-state index is 0.120. The number of aryl methyl sites for hydroxylation is 1. The van der Waals surface area contributed by atoms with Gasteiger partial charge in [-0.1, -0.05) is 18.2 Å². The molecule has 1 unspecified atom stereocenters. The molecular weight excluding hydrogens is 242 g/mol. The van der Waals surface area contributed by atoms with Crippen molar-refractivity contribution in [2.45, 2.75) is 13.0 Å². The molecule has 3 heteroatoms. The molecule has 0 aliphatic carbocycles. The van der Waals surface area contributed by atoms with Crippen molar-refractivity contribution in [3.63, 3.8) is 0 Å². The number of nitrogens with one attached hydrogen (secondary N) is 1. The van der Waals surface area contributed by atoms with Crippen LogP contribution in [0.25, 0.3) is 10.1 Å². The van der Waals surface area contributed by atoms with Crippen molar-refractivity contribution in [2.75, 3.05) is 7.05 Å². The number of rotatable bonds is 3. The van der Waals surface area contributed by atoms with Gasteiger partial charge in [-0.25, -0.2) is 0 Å². The van der Waals surface area contributed by atoms with Gasteiger partial charge in [0.05, 0.1) is 6.04 Å². The van der Waals surface area contributed by atoms with Crippen LogP contribution in [0.2, 0.25) is 0 Å². The van der Waals surface area contributed by atoms with E-state index in [2.05, 4.69) is 35.0 Å². The van der Waals surface area contributed by atoms with E-state index in [4.69, 9.17) is 4.42 Å². The fraction of sp³-hybridized carbons (Fsp3) is 0.200. The van der Waals surface area contributed by atoms with E-state index >= 15 is 0 Å². The molecular formula is C15H15NOS. The molecule has 3 rings (SSSR count). The first-order valence-electron chi connectivity index (χ1n) is 5.99. The fourth-order valence-corrected chi connectivity index (χ4v) is 3.27. The molecule has 1 atom stereocenters. The van der Waals surface area contributed by atoms with Gasteiger partial charge in [-0.3, -0.25) is 0 Å². The first kappa shape index (κ1) is 11.5. The predicted octanol–water partition coefficient (Wildman–Crippen LogP) is 4.11. The van der Waals surface area contributed by atoms with Crippen LogP contribution in [0, 0.1) is 6.92 Å². The van der Waals surface area contributed by atoms with Gasteiger partial charge in [0.1, 0.15) is 11.5 Å². The van der Waals surface area contributed by atoms with E-state index in [0.29, 0.717) is 0 Å². The normalized spacial score (nSPS) is 13.0. The Morgan fingerprint density at radius 1 is 1.17 bits per heavy atom. The Kier molecular flexibility index (Phi) is 2.94. The molecule has 2 aromatic heterocycles. The first-order valence-corrected chi connectivity index (χ1v) is 6.87. The molecule has 2 heterocycles. The maximum Gasteiger partial charge on any atom is 0.125 e. The van der Waals surface area contributed by atoms with Gasteiger partial charge in [-0.15, -0.1) is 11.3 Å². The van der Waals surface area contributed by atoms with E-state index < -0.39 is 0 Å². The number of benzene rings is 1. The largest absolute Gasteiger partial charge is 0.464 e. The van der Waals surface area contributed by atoms with Crippen molar-refractivity contribution < 1.29 is 4.42 Å². The molecule has 18 heavy (non-hydrogen) atoms. The van der Waals surface area contributed by atoms with E-state index in [-0.39, 0.29) is 6.04 Å². The molecule has 0 radical (unpaired) electrons. The van der Waals surface area contributed by atoms with Gasteiger partial charge >= 0.3 is 0 Å². The van der Waals surface area contributed by atoms with E-state index in [1.165, 1.54) is 15.6 Å². The first-order chi connectivity index (χ1) is 8.79. The van der Waals surface area contributed by atoms with Crippen molar-refractivity contribution in [1.29, 1.82) is 0 Å². The van der Waals surface area contributed by atoms with E-state index in [1.807, 2.05) is 26.1 Å². The summed E-state index contributed by atoms with van der Waals surface area (Å²) in [4.78, 5) is 0. The summed E-state index contributed by atoms with van der Waals surface area (Å²) in [5.74, 6) is 1.92. The highest BCUT2D eigenvalue weighted by molar-refractivity contribution is 7.17. The predicted molar refractivity (Wildman–Crippen MR) is 76.2 cm³/mol. The number of hydrogen-bond donors (Lipinski definition) is 1. The monoisotopic (exact) mass is 257 g/mol. The molecule has 0 aliphatic heterocycles. The van der Waals surface area contributed by atoms with E-state index in [1.54, 1.807) is 11.3 Å². The molecule has 1 N–H and O–H groups in total. The Hall–Kier alpha value is -1.58. The van der Waals surface area contributed by atoms with Crippen LogP contribution in [0.3, 0.4) is 0 Å². The van der Waals surface area contributed by atoms with Gasteiger partial charge in [0, 0.05) is 4.70 Å². The highest BCUT2D eigenvalue weighted by Crippen LogP contribution is 2.33. The van der Waals surface area contributed by atoms with E-state index in [0.717, 1.165) is 11.5 Å². The van der Waals surface area contributed by atoms with Crippen LogP contribution in [0.1, 0.15) is 23.1 Å². The zero-order valence-electron chi connectivity index (χ0n) is 10.4. The molecule has 3 aromatic rings. The van der Waals surface area contributed by atoms with Crippen LogP contribution in [-0.4, -0.2) is 7.05 Å². The van der Waals surface area contributed by atoms with Crippen LogP contribution < -0.4 is 5.32 Å². The third kappa shape index (κ3) is 1.85.